The number of imide groups is 1. The van der Waals surface area contributed by atoms with Crippen molar-refractivity contribution in [1.29, 1.82) is 0 Å². The topological polar surface area (TPSA) is 49.4 Å². The number of nitrogens with one attached hydrogen (secondary N) is 1. The Hall–Kier alpha value is -2.36. The molecule has 2 fully saturated rings. The number of fused-ring (bicyclic) bond motifs is 1. The Labute approximate surface area is 141 Å². The van der Waals surface area contributed by atoms with Gasteiger partial charge in [0.1, 0.15) is 5.54 Å². The zero-order chi connectivity index (χ0) is 16.7. The van der Waals surface area contributed by atoms with Crippen LogP contribution in [0.25, 0.3) is 10.8 Å². The largest absolute Gasteiger partial charge is 0.325 e. The predicted molar refractivity (Wildman–Crippen MR) is 93.4 cm³/mol. The van der Waals surface area contributed by atoms with E-state index in [0.717, 1.165) is 42.0 Å². The molecule has 4 rings (SSSR count). The average Bonchev–Trinajstić information content (AvgIpc) is 2.83. The fraction of sp³-hybridized carbons (Fsp3) is 0.400. The van der Waals surface area contributed by atoms with Gasteiger partial charge < -0.3 is 5.32 Å². The van der Waals surface area contributed by atoms with Crippen LogP contribution >= 0.6 is 0 Å². The standard InChI is InChI=1S/C20H22N2O2/c1-14-7-4-5-12-20(14)18(23)22(19(24)21-20)13-16-10-6-9-15-8-2-3-11-17(15)16/h2-3,6,8-11,14H,4-5,7,12-13H2,1H3,(H,21,24)/t14-,20-/m0/s1. The summed E-state index contributed by atoms with van der Waals surface area (Å²) >= 11 is 0. The maximum Gasteiger partial charge on any atom is 0.325 e. The number of rotatable bonds is 2. The lowest BCUT2D eigenvalue weighted by Gasteiger charge is -2.36. The number of urea groups is 1. The van der Waals surface area contributed by atoms with E-state index < -0.39 is 5.54 Å². The maximum atomic E-state index is 13.1. The van der Waals surface area contributed by atoms with Crippen LogP contribution in [-0.2, 0) is 11.3 Å². The molecule has 124 valence electrons. The summed E-state index contributed by atoms with van der Waals surface area (Å²) in [4.78, 5) is 27.0. The van der Waals surface area contributed by atoms with Gasteiger partial charge in [-0.05, 0) is 35.1 Å². The van der Waals surface area contributed by atoms with Gasteiger partial charge in [0.25, 0.3) is 5.91 Å². The fourth-order valence-corrected chi connectivity index (χ4v) is 4.24. The lowest BCUT2D eigenvalue weighted by molar-refractivity contribution is -0.134. The number of hydrogen-bond donors (Lipinski definition) is 1. The summed E-state index contributed by atoms with van der Waals surface area (Å²) in [5.41, 5.74) is 0.331. The number of carbonyl (C=O) groups excluding carboxylic acids is 2. The monoisotopic (exact) mass is 322 g/mol. The third-order valence-corrected chi connectivity index (χ3v) is 5.71. The SMILES string of the molecule is C[C@H]1CCCC[C@]12NC(=O)N(Cc1cccc3ccccc13)C2=O. The van der Waals surface area contributed by atoms with Crippen molar-refractivity contribution >= 4 is 22.7 Å². The van der Waals surface area contributed by atoms with Crippen LogP contribution in [0, 0.1) is 5.92 Å². The molecule has 1 saturated heterocycles. The van der Waals surface area contributed by atoms with Crippen molar-refractivity contribution in [2.45, 2.75) is 44.7 Å². The van der Waals surface area contributed by atoms with Crippen molar-refractivity contribution in [3.05, 3.63) is 48.0 Å². The molecule has 1 saturated carbocycles. The van der Waals surface area contributed by atoms with Gasteiger partial charge in [0.2, 0.25) is 0 Å². The molecule has 2 aliphatic rings. The summed E-state index contributed by atoms with van der Waals surface area (Å²) in [5.74, 6) is 0.146. The molecule has 1 N–H and O–H groups in total. The molecule has 0 unspecified atom stereocenters. The number of amides is 3. The summed E-state index contributed by atoms with van der Waals surface area (Å²) in [6.45, 7) is 2.42. The number of hydrogen-bond acceptors (Lipinski definition) is 2. The van der Waals surface area contributed by atoms with Crippen molar-refractivity contribution in [1.82, 2.24) is 10.2 Å². The molecule has 0 radical (unpaired) electrons. The van der Waals surface area contributed by atoms with Gasteiger partial charge in [-0.1, -0.05) is 62.2 Å². The van der Waals surface area contributed by atoms with Crippen LogP contribution in [0.3, 0.4) is 0 Å². The second kappa shape index (κ2) is 5.62. The minimum atomic E-state index is -0.681. The summed E-state index contributed by atoms with van der Waals surface area (Å²) in [7, 11) is 0. The van der Waals surface area contributed by atoms with Crippen LogP contribution in [-0.4, -0.2) is 22.4 Å². The quantitative estimate of drug-likeness (QED) is 0.854. The van der Waals surface area contributed by atoms with Crippen molar-refractivity contribution < 1.29 is 9.59 Å². The van der Waals surface area contributed by atoms with Gasteiger partial charge >= 0.3 is 6.03 Å². The molecule has 4 nitrogen and oxygen atoms in total. The molecule has 1 aliphatic heterocycles. The molecule has 2 aromatic carbocycles. The molecule has 4 heteroatoms. The third-order valence-electron chi connectivity index (χ3n) is 5.71. The second-order valence-corrected chi connectivity index (χ2v) is 7.08. The lowest BCUT2D eigenvalue weighted by atomic mass is 9.73. The fourth-order valence-electron chi connectivity index (χ4n) is 4.24. The van der Waals surface area contributed by atoms with E-state index >= 15 is 0 Å². The highest BCUT2D eigenvalue weighted by Gasteiger charge is 2.54. The van der Waals surface area contributed by atoms with Crippen LogP contribution in [0.5, 0.6) is 0 Å². The van der Waals surface area contributed by atoms with Crippen molar-refractivity contribution in [2.24, 2.45) is 5.92 Å². The highest BCUT2D eigenvalue weighted by atomic mass is 16.2. The van der Waals surface area contributed by atoms with Crippen LogP contribution in [0.4, 0.5) is 4.79 Å². The zero-order valence-electron chi connectivity index (χ0n) is 13.9. The summed E-state index contributed by atoms with van der Waals surface area (Å²) in [6.07, 6.45) is 3.88. The van der Waals surface area contributed by atoms with Gasteiger partial charge in [-0.15, -0.1) is 0 Å². The molecule has 0 bridgehead atoms. The van der Waals surface area contributed by atoms with Crippen molar-refractivity contribution in [3.63, 3.8) is 0 Å². The summed E-state index contributed by atoms with van der Waals surface area (Å²) in [5, 5.41) is 5.25. The molecule has 1 heterocycles. The van der Waals surface area contributed by atoms with Gasteiger partial charge in [-0.25, -0.2) is 4.79 Å². The van der Waals surface area contributed by atoms with E-state index in [2.05, 4.69) is 24.4 Å². The van der Waals surface area contributed by atoms with Crippen LogP contribution in [0.1, 0.15) is 38.2 Å². The van der Waals surface area contributed by atoms with E-state index in [-0.39, 0.29) is 17.9 Å². The van der Waals surface area contributed by atoms with E-state index in [4.69, 9.17) is 0 Å². The summed E-state index contributed by atoms with van der Waals surface area (Å²) < 4.78 is 0. The van der Waals surface area contributed by atoms with E-state index in [1.54, 1.807) is 0 Å². The highest BCUT2D eigenvalue weighted by molar-refractivity contribution is 6.07. The number of carbonyl (C=O) groups is 2. The molecular formula is C20H22N2O2. The summed E-state index contributed by atoms with van der Waals surface area (Å²) in [6, 6.07) is 13.9. The van der Waals surface area contributed by atoms with E-state index in [9.17, 15) is 9.59 Å². The molecule has 3 amide bonds. The van der Waals surface area contributed by atoms with E-state index in [1.807, 2.05) is 30.3 Å². The molecule has 1 aliphatic carbocycles. The Balaban J connectivity index is 1.67. The first-order valence-electron chi connectivity index (χ1n) is 8.72. The third kappa shape index (κ3) is 2.20. The lowest BCUT2D eigenvalue weighted by Crippen LogP contribution is -2.53. The smallest absolute Gasteiger partial charge is 0.323 e. The molecule has 1 spiro atoms. The molecular weight excluding hydrogens is 300 g/mol. The Morgan fingerprint density at radius 3 is 2.75 bits per heavy atom. The van der Waals surface area contributed by atoms with Crippen LogP contribution in [0.15, 0.2) is 42.5 Å². The minimum absolute atomic E-state index is 0.0485. The zero-order valence-corrected chi connectivity index (χ0v) is 13.9. The minimum Gasteiger partial charge on any atom is -0.323 e. The normalized spacial score (nSPS) is 27.0. The first-order chi connectivity index (χ1) is 11.6. The Bertz CT molecular complexity index is 811. The van der Waals surface area contributed by atoms with Gasteiger partial charge in [-0.2, -0.15) is 0 Å². The second-order valence-electron chi connectivity index (χ2n) is 7.08. The van der Waals surface area contributed by atoms with Crippen LogP contribution in [0.2, 0.25) is 0 Å². The maximum absolute atomic E-state index is 13.1. The van der Waals surface area contributed by atoms with E-state index in [1.165, 1.54) is 4.90 Å². The van der Waals surface area contributed by atoms with Gasteiger partial charge in [0.15, 0.2) is 0 Å². The van der Waals surface area contributed by atoms with Gasteiger partial charge in [0, 0.05) is 0 Å². The van der Waals surface area contributed by atoms with Gasteiger partial charge in [-0.3, -0.25) is 9.69 Å². The molecule has 24 heavy (non-hydrogen) atoms. The van der Waals surface area contributed by atoms with Crippen molar-refractivity contribution in [3.8, 4) is 0 Å². The number of benzene rings is 2. The Morgan fingerprint density at radius 1 is 1.12 bits per heavy atom. The first-order valence-corrected chi connectivity index (χ1v) is 8.72. The average molecular weight is 322 g/mol. The predicted octanol–water partition coefficient (Wildman–Crippen LogP) is 3.84. The molecule has 2 atom stereocenters. The molecule has 0 aromatic heterocycles. The number of nitrogens with zero attached hydrogens (tertiary/aromatic N) is 1. The van der Waals surface area contributed by atoms with Gasteiger partial charge in [0.05, 0.1) is 6.54 Å². The van der Waals surface area contributed by atoms with E-state index in [0.29, 0.717) is 6.54 Å². The highest BCUT2D eigenvalue weighted by Crippen LogP contribution is 2.38. The molecule has 2 aromatic rings. The first kappa shape index (κ1) is 15.2. The van der Waals surface area contributed by atoms with Crippen LogP contribution < -0.4 is 5.32 Å². The Kier molecular flexibility index (Phi) is 3.56. The van der Waals surface area contributed by atoms with Crippen molar-refractivity contribution in [2.75, 3.05) is 0 Å². The Morgan fingerprint density at radius 2 is 1.92 bits per heavy atom.